The van der Waals surface area contributed by atoms with E-state index in [1.165, 1.54) is 0 Å². The van der Waals surface area contributed by atoms with Crippen molar-refractivity contribution in [2.24, 2.45) is 0 Å². The Morgan fingerprint density at radius 2 is 1.69 bits per heavy atom. The zero-order chi connectivity index (χ0) is 22.8. The van der Waals surface area contributed by atoms with E-state index in [-0.39, 0.29) is 19.4 Å². The van der Waals surface area contributed by atoms with Gasteiger partial charge in [0.05, 0.1) is 0 Å². The maximum Gasteiger partial charge on any atom is 0.330 e. The highest BCUT2D eigenvalue weighted by Gasteiger charge is 2.28. The third kappa shape index (κ3) is 7.02. The molecular weight excluding hydrogens is 412 g/mol. The smallest absolute Gasteiger partial charge is 0.330 e. The fraction of sp³-hybridized carbons (Fsp3) is 0.333. The van der Waals surface area contributed by atoms with Crippen LogP contribution in [0.15, 0.2) is 60.7 Å². The number of nitrogens with one attached hydrogen (secondary N) is 2. The van der Waals surface area contributed by atoms with Crippen LogP contribution in [0.1, 0.15) is 41.6 Å². The van der Waals surface area contributed by atoms with Gasteiger partial charge >= 0.3 is 17.9 Å². The first kappa shape index (κ1) is 23.1. The van der Waals surface area contributed by atoms with Gasteiger partial charge in [-0.05, 0) is 43.5 Å². The molecule has 0 aliphatic carbocycles. The quantitative estimate of drug-likeness (QED) is 0.456. The standard InChI is InChI=1S/C24H26N2O6/c27-21(32-24(30)19-12-7-15-25-19)14-13-20(26-22(28)18-10-5-2-6-11-18)23(29)31-16-17-8-3-1-4-9-17/h1-6,8-11,19-20,25H,7,12-16H2,(H,26,28)/t19-,20?/m0/s1. The Morgan fingerprint density at radius 1 is 1.00 bits per heavy atom. The van der Waals surface area contributed by atoms with Crippen LogP contribution in [-0.4, -0.2) is 42.4 Å². The number of carbonyl (C=O) groups is 4. The number of ether oxygens (including phenoxy) is 2. The number of benzene rings is 2. The van der Waals surface area contributed by atoms with Crippen molar-refractivity contribution < 1.29 is 28.7 Å². The molecule has 1 aliphatic rings. The highest BCUT2D eigenvalue weighted by molar-refractivity contribution is 5.97. The summed E-state index contributed by atoms with van der Waals surface area (Å²) < 4.78 is 10.2. The summed E-state index contributed by atoms with van der Waals surface area (Å²) in [6.07, 6.45) is 1.18. The number of hydrogen-bond donors (Lipinski definition) is 2. The molecule has 0 radical (unpaired) electrons. The normalized spacial score (nSPS) is 16.1. The summed E-state index contributed by atoms with van der Waals surface area (Å²) in [4.78, 5) is 49.3. The van der Waals surface area contributed by atoms with Gasteiger partial charge in [0.25, 0.3) is 5.91 Å². The molecule has 2 aromatic carbocycles. The summed E-state index contributed by atoms with van der Waals surface area (Å²) in [6.45, 7) is 0.739. The van der Waals surface area contributed by atoms with Gasteiger partial charge in [0.15, 0.2) is 0 Å². The molecule has 1 unspecified atom stereocenters. The Balaban J connectivity index is 1.58. The topological polar surface area (TPSA) is 111 Å². The van der Waals surface area contributed by atoms with E-state index in [0.29, 0.717) is 18.5 Å². The van der Waals surface area contributed by atoms with Crippen LogP contribution < -0.4 is 10.6 Å². The molecule has 8 heteroatoms. The Morgan fingerprint density at radius 3 is 2.34 bits per heavy atom. The average Bonchev–Trinajstić information content (AvgIpc) is 3.36. The predicted octanol–water partition coefficient (Wildman–Crippen LogP) is 2.13. The second-order valence-corrected chi connectivity index (χ2v) is 7.47. The fourth-order valence-electron chi connectivity index (χ4n) is 3.29. The zero-order valence-corrected chi connectivity index (χ0v) is 17.6. The first-order valence-electron chi connectivity index (χ1n) is 10.6. The zero-order valence-electron chi connectivity index (χ0n) is 17.6. The van der Waals surface area contributed by atoms with Gasteiger partial charge in [0, 0.05) is 12.0 Å². The Hall–Kier alpha value is -3.52. The van der Waals surface area contributed by atoms with Crippen molar-refractivity contribution in [2.45, 2.75) is 44.4 Å². The van der Waals surface area contributed by atoms with Crippen molar-refractivity contribution in [3.05, 3.63) is 71.8 Å². The maximum absolute atomic E-state index is 12.7. The SMILES string of the molecule is O=C(CCC(NC(=O)c1ccccc1)C(=O)OCc1ccccc1)OC(=O)[C@@H]1CCCN1. The van der Waals surface area contributed by atoms with Gasteiger partial charge in [-0.15, -0.1) is 0 Å². The first-order valence-corrected chi connectivity index (χ1v) is 10.6. The number of esters is 3. The van der Waals surface area contributed by atoms with Gasteiger partial charge in [0.2, 0.25) is 0 Å². The minimum absolute atomic E-state index is 0.0354. The summed E-state index contributed by atoms with van der Waals surface area (Å²) in [7, 11) is 0. The molecule has 1 fully saturated rings. The third-order valence-electron chi connectivity index (χ3n) is 5.05. The second-order valence-electron chi connectivity index (χ2n) is 7.47. The van der Waals surface area contributed by atoms with Crippen LogP contribution in [0.3, 0.4) is 0 Å². The van der Waals surface area contributed by atoms with Crippen LogP contribution in [0.25, 0.3) is 0 Å². The second kappa shape index (κ2) is 11.8. The van der Waals surface area contributed by atoms with E-state index >= 15 is 0 Å². The van der Waals surface area contributed by atoms with E-state index < -0.39 is 35.9 Å². The molecule has 3 rings (SSSR count). The molecular formula is C24H26N2O6. The highest BCUT2D eigenvalue weighted by atomic mass is 16.6. The van der Waals surface area contributed by atoms with Gasteiger partial charge in [-0.25, -0.2) is 9.59 Å². The average molecular weight is 438 g/mol. The lowest BCUT2D eigenvalue weighted by atomic mass is 10.1. The van der Waals surface area contributed by atoms with E-state index in [2.05, 4.69) is 10.6 Å². The van der Waals surface area contributed by atoms with Gasteiger partial charge in [0.1, 0.15) is 18.7 Å². The molecule has 1 amide bonds. The Labute approximate surface area is 186 Å². The number of carbonyl (C=O) groups excluding carboxylic acids is 4. The minimum Gasteiger partial charge on any atom is -0.459 e. The van der Waals surface area contributed by atoms with E-state index in [1.807, 2.05) is 30.3 Å². The number of amides is 1. The fourth-order valence-corrected chi connectivity index (χ4v) is 3.29. The molecule has 168 valence electrons. The highest BCUT2D eigenvalue weighted by Crippen LogP contribution is 2.10. The molecule has 32 heavy (non-hydrogen) atoms. The Kier molecular flexibility index (Phi) is 8.51. The molecule has 0 saturated carbocycles. The van der Waals surface area contributed by atoms with Crippen molar-refractivity contribution in [3.63, 3.8) is 0 Å². The molecule has 1 aliphatic heterocycles. The molecule has 1 heterocycles. The van der Waals surface area contributed by atoms with Crippen molar-refractivity contribution in [2.75, 3.05) is 6.54 Å². The molecule has 8 nitrogen and oxygen atoms in total. The molecule has 2 aromatic rings. The Bertz CT molecular complexity index is 926. The summed E-state index contributed by atoms with van der Waals surface area (Å²) in [5.41, 5.74) is 1.17. The van der Waals surface area contributed by atoms with E-state index in [1.54, 1.807) is 30.3 Å². The monoisotopic (exact) mass is 438 g/mol. The molecule has 2 atom stereocenters. The van der Waals surface area contributed by atoms with Crippen LogP contribution in [0.2, 0.25) is 0 Å². The molecule has 0 aromatic heterocycles. The largest absolute Gasteiger partial charge is 0.459 e. The molecule has 0 bridgehead atoms. The molecule has 1 saturated heterocycles. The molecule has 0 spiro atoms. The van der Waals surface area contributed by atoms with Crippen molar-refractivity contribution in [3.8, 4) is 0 Å². The number of hydrogen-bond acceptors (Lipinski definition) is 7. The summed E-state index contributed by atoms with van der Waals surface area (Å²) in [5, 5.41) is 5.58. The molecule has 2 N–H and O–H groups in total. The van der Waals surface area contributed by atoms with Crippen LogP contribution in [0.5, 0.6) is 0 Å². The first-order chi connectivity index (χ1) is 15.5. The summed E-state index contributed by atoms with van der Waals surface area (Å²) in [6, 6.07) is 16.0. The minimum atomic E-state index is -1.07. The lowest BCUT2D eigenvalue weighted by Gasteiger charge is -2.18. The van der Waals surface area contributed by atoms with Crippen molar-refractivity contribution >= 4 is 23.8 Å². The van der Waals surface area contributed by atoms with Crippen LogP contribution in [0.4, 0.5) is 0 Å². The lowest BCUT2D eigenvalue weighted by molar-refractivity contribution is -0.161. The van der Waals surface area contributed by atoms with Gasteiger partial charge in [-0.2, -0.15) is 0 Å². The van der Waals surface area contributed by atoms with Crippen LogP contribution >= 0.6 is 0 Å². The van der Waals surface area contributed by atoms with Crippen molar-refractivity contribution in [1.29, 1.82) is 0 Å². The van der Waals surface area contributed by atoms with Gasteiger partial charge in [-0.3, -0.25) is 9.59 Å². The van der Waals surface area contributed by atoms with Crippen LogP contribution in [0, 0.1) is 0 Å². The predicted molar refractivity (Wildman–Crippen MR) is 115 cm³/mol. The van der Waals surface area contributed by atoms with E-state index in [0.717, 1.165) is 12.0 Å². The van der Waals surface area contributed by atoms with Gasteiger partial charge < -0.3 is 20.1 Å². The van der Waals surface area contributed by atoms with Gasteiger partial charge in [-0.1, -0.05) is 48.5 Å². The maximum atomic E-state index is 12.7. The lowest BCUT2D eigenvalue weighted by Crippen LogP contribution is -2.42. The summed E-state index contributed by atoms with van der Waals surface area (Å²) >= 11 is 0. The summed E-state index contributed by atoms with van der Waals surface area (Å²) in [5.74, 6) is -2.51. The third-order valence-corrected chi connectivity index (χ3v) is 5.05. The van der Waals surface area contributed by atoms with Crippen molar-refractivity contribution in [1.82, 2.24) is 10.6 Å². The van der Waals surface area contributed by atoms with Crippen LogP contribution in [-0.2, 0) is 30.5 Å². The van der Waals surface area contributed by atoms with E-state index in [4.69, 9.17) is 9.47 Å². The number of rotatable bonds is 9. The van der Waals surface area contributed by atoms with E-state index in [9.17, 15) is 19.2 Å².